The summed E-state index contributed by atoms with van der Waals surface area (Å²) in [7, 11) is 0. The molecule has 0 bridgehead atoms. The maximum absolute atomic E-state index is 12.8. The summed E-state index contributed by atoms with van der Waals surface area (Å²) >= 11 is 0. The Morgan fingerprint density at radius 2 is 1.91 bits per heavy atom. The van der Waals surface area contributed by atoms with Crippen molar-refractivity contribution in [3.05, 3.63) is 69.5 Å². The van der Waals surface area contributed by atoms with Crippen LogP contribution in [0, 0.1) is 22.9 Å². The Labute approximate surface area is 126 Å². The number of anilines is 1. The first kappa shape index (κ1) is 15.4. The van der Waals surface area contributed by atoms with Crippen LogP contribution in [0.15, 0.2) is 42.5 Å². The third-order valence-corrected chi connectivity index (χ3v) is 3.12. The fourth-order valence-corrected chi connectivity index (χ4v) is 1.91. The zero-order valence-electron chi connectivity index (χ0n) is 11.8. The minimum atomic E-state index is -0.503. The van der Waals surface area contributed by atoms with Gasteiger partial charge in [-0.25, -0.2) is 9.18 Å². The van der Waals surface area contributed by atoms with Crippen molar-refractivity contribution in [2.75, 3.05) is 5.32 Å². The molecule has 0 saturated heterocycles. The molecule has 0 heterocycles. The Bertz CT molecular complexity index is 702. The van der Waals surface area contributed by atoms with E-state index in [9.17, 15) is 19.3 Å². The summed E-state index contributed by atoms with van der Waals surface area (Å²) in [5.74, 6) is -0.347. The van der Waals surface area contributed by atoms with E-state index in [2.05, 4.69) is 10.6 Å². The molecule has 2 aromatic rings. The van der Waals surface area contributed by atoms with Crippen LogP contribution < -0.4 is 10.6 Å². The van der Waals surface area contributed by atoms with Gasteiger partial charge in [-0.05, 0) is 30.7 Å². The number of nitro benzene ring substituents is 1. The van der Waals surface area contributed by atoms with Gasteiger partial charge in [0.1, 0.15) is 5.82 Å². The van der Waals surface area contributed by atoms with Crippen LogP contribution in [0.5, 0.6) is 0 Å². The molecular formula is C15H14FN3O3. The summed E-state index contributed by atoms with van der Waals surface area (Å²) in [6.07, 6.45) is 0. The first-order valence-corrected chi connectivity index (χ1v) is 6.50. The second kappa shape index (κ2) is 6.66. The predicted molar refractivity (Wildman–Crippen MR) is 80.1 cm³/mol. The average molecular weight is 303 g/mol. The first-order valence-electron chi connectivity index (χ1n) is 6.50. The Hall–Kier alpha value is -2.96. The number of carbonyl (C=O) groups is 1. The molecule has 0 aliphatic carbocycles. The number of carbonyl (C=O) groups excluding carboxylic acids is 1. The van der Waals surface area contributed by atoms with Gasteiger partial charge in [0.15, 0.2) is 0 Å². The van der Waals surface area contributed by atoms with Gasteiger partial charge >= 0.3 is 6.03 Å². The Kier molecular flexibility index (Phi) is 4.67. The lowest BCUT2D eigenvalue weighted by atomic mass is 10.1. The molecule has 0 unspecified atom stereocenters. The van der Waals surface area contributed by atoms with E-state index in [1.807, 2.05) is 0 Å². The lowest BCUT2D eigenvalue weighted by Gasteiger charge is -2.10. The topological polar surface area (TPSA) is 84.3 Å². The maximum atomic E-state index is 12.8. The molecule has 0 fully saturated rings. The standard InChI is InChI=1S/C15H14FN3O3/c1-10-13(3-2-4-14(10)19(21)22)18-15(20)17-9-11-5-7-12(16)8-6-11/h2-8H,9H2,1H3,(H2,17,18,20). The summed E-state index contributed by atoms with van der Waals surface area (Å²) in [6, 6.07) is 9.70. The highest BCUT2D eigenvalue weighted by molar-refractivity contribution is 5.90. The van der Waals surface area contributed by atoms with Gasteiger partial charge in [0.05, 0.1) is 16.2 Å². The minimum absolute atomic E-state index is 0.0589. The Morgan fingerprint density at radius 1 is 1.23 bits per heavy atom. The van der Waals surface area contributed by atoms with Crippen molar-refractivity contribution >= 4 is 17.4 Å². The van der Waals surface area contributed by atoms with E-state index in [4.69, 9.17) is 0 Å². The number of hydrogen-bond donors (Lipinski definition) is 2. The highest BCUT2D eigenvalue weighted by Crippen LogP contribution is 2.24. The minimum Gasteiger partial charge on any atom is -0.334 e. The van der Waals surface area contributed by atoms with Crippen LogP contribution in [0.2, 0.25) is 0 Å². The molecular weight excluding hydrogens is 289 g/mol. The van der Waals surface area contributed by atoms with Gasteiger partial charge in [-0.3, -0.25) is 10.1 Å². The molecule has 0 saturated carbocycles. The molecule has 7 heteroatoms. The van der Waals surface area contributed by atoms with Crippen LogP contribution in [0.1, 0.15) is 11.1 Å². The molecule has 0 aromatic heterocycles. The van der Waals surface area contributed by atoms with E-state index >= 15 is 0 Å². The highest BCUT2D eigenvalue weighted by Gasteiger charge is 2.14. The third kappa shape index (κ3) is 3.78. The Balaban J connectivity index is 1.99. The lowest BCUT2D eigenvalue weighted by Crippen LogP contribution is -2.28. The van der Waals surface area contributed by atoms with Gasteiger partial charge in [0.2, 0.25) is 0 Å². The van der Waals surface area contributed by atoms with Gasteiger partial charge in [0.25, 0.3) is 5.69 Å². The van der Waals surface area contributed by atoms with E-state index in [0.717, 1.165) is 5.56 Å². The molecule has 6 nitrogen and oxygen atoms in total. The summed E-state index contributed by atoms with van der Waals surface area (Å²) in [5.41, 5.74) is 1.43. The highest BCUT2D eigenvalue weighted by atomic mass is 19.1. The molecule has 0 aliphatic heterocycles. The fourth-order valence-electron chi connectivity index (χ4n) is 1.91. The number of amides is 2. The molecule has 0 atom stereocenters. The number of benzene rings is 2. The van der Waals surface area contributed by atoms with E-state index < -0.39 is 11.0 Å². The normalized spacial score (nSPS) is 10.1. The molecule has 0 spiro atoms. The van der Waals surface area contributed by atoms with Gasteiger partial charge in [-0.2, -0.15) is 0 Å². The van der Waals surface area contributed by atoms with Crippen molar-refractivity contribution in [2.24, 2.45) is 0 Å². The predicted octanol–water partition coefficient (Wildman–Crippen LogP) is 3.36. The monoisotopic (exact) mass is 303 g/mol. The van der Waals surface area contributed by atoms with Gasteiger partial charge < -0.3 is 10.6 Å². The number of halogens is 1. The second-order valence-corrected chi connectivity index (χ2v) is 4.64. The number of rotatable bonds is 4. The molecule has 22 heavy (non-hydrogen) atoms. The van der Waals surface area contributed by atoms with Crippen molar-refractivity contribution in [2.45, 2.75) is 13.5 Å². The summed E-state index contributed by atoms with van der Waals surface area (Å²) in [5, 5.41) is 16.0. The van der Waals surface area contributed by atoms with Crippen LogP contribution in [0.25, 0.3) is 0 Å². The molecule has 2 amide bonds. The molecule has 2 N–H and O–H groups in total. The molecule has 2 aromatic carbocycles. The summed E-state index contributed by atoms with van der Waals surface area (Å²) in [4.78, 5) is 22.2. The van der Waals surface area contributed by atoms with E-state index in [-0.39, 0.29) is 18.0 Å². The first-order chi connectivity index (χ1) is 10.5. The smallest absolute Gasteiger partial charge is 0.319 e. The fraction of sp³-hybridized carbons (Fsp3) is 0.133. The number of hydrogen-bond acceptors (Lipinski definition) is 3. The quantitative estimate of drug-likeness (QED) is 0.671. The molecule has 2 rings (SSSR count). The summed E-state index contributed by atoms with van der Waals surface area (Å²) < 4.78 is 12.8. The van der Waals surface area contributed by atoms with Crippen molar-refractivity contribution in [1.29, 1.82) is 0 Å². The summed E-state index contributed by atoms with van der Waals surface area (Å²) in [6.45, 7) is 1.79. The zero-order valence-corrected chi connectivity index (χ0v) is 11.8. The number of nitro groups is 1. The third-order valence-electron chi connectivity index (χ3n) is 3.12. The SMILES string of the molecule is Cc1c(NC(=O)NCc2ccc(F)cc2)cccc1[N+](=O)[O-]. The van der Waals surface area contributed by atoms with Crippen molar-refractivity contribution in [1.82, 2.24) is 5.32 Å². The van der Waals surface area contributed by atoms with Gasteiger partial charge in [-0.1, -0.05) is 18.2 Å². The van der Waals surface area contributed by atoms with Crippen LogP contribution in [0.3, 0.4) is 0 Å². The number of nitrogens with zero attached hydrogens (tertiary/aromatic N) is 1. The molecule has 0 radical (unpaired) electrons. The maximum Gasteiger partial charge on any atom is 0.319 e. The van der Waals surface area contributed by atoms with Crippen molar-refractivity contribution in [3.8, 4) is 0 Å². The largest absolute Gasteiger partial charge is 0.334 e. The van der Waals surface area contributed by atoms with Crippen LogP contribution in [-0.4, -0.2) is 11.0 Å². The molecule has 0 aliphatic rings. The van der Waals surface area contributed by atoms with Crippen LogP contribution in [0.4, 0.5) is 20.6 Å². The van der Waals surface area contributed by atoms with Gasteiger partial charge in [0, 0.05) is 12.6 Å². The van der Waals surface area contributed by atoms with E-state index in [1.165, 1.54) is 24.3 Å². The van der Waals surface area contributed by atoms with E-state index in [0.29, 0.717) is 11.3 Å². The second-order valence-electron chi connectivity index (χ2n) is 4.64. The van der Waals surface area contributed by atoms with Crippen LogP contribution in [-0.2, 0) is 6.54 Å². The van der Waals surface area contributed by atoms with Crippen molar-refractivity contribution in [3.63, 3.8) is 0 Å². The van der Waals surface area contributed by atoms with Gasteiger partial charge in [-0.15, -0.1) is 0 Å². The molecule has 114 valence electrons. The number of nitrogens with one attached hydrogen (secondary N) is 2. The van der Waals surface area contributed by atoms with Crippen molar-refractivity contribution < 1.29 is 14.1 Å². The zero-order chi connectivity index (χ0) is 16.1. The van der Waals surface area contributed by atoms with E-state index in [1.54, 1.807) is 25.1 Å². The lowest BCUT2D eigenvalue weighted by molar-refractivity contribution is -0.385. The number of urea groups is 1. The average Bonchev–Trinajstić information content (AvgIpc) is 2.48. The van der Waals surface area contributed by atoms with Crippen LogP contribution >= 0.6 is 0 Å². The Morgan fingerprint density at radius 3 is 2.55 bits per heavy atom.